The topological polar surface area (TPSA) is 49.4 Å². The van der Waals surface area contributed by atoms with Crippen LogP contribution in [0.2, 0.25) is 0 Å². The Kier molecular flexibility index (Phi) is 4.48. The molecule has 2 amide bonds. The number of amides is 2. The van der Waals surface area contributed by atoms with Crippen molar-refractivity contribution in [2.45, 2.75) is 33.6 Å². The number of nitrogens with zero attached hydrogens (tertiary/aromatic N) is 1. The highest BCUT2D eigenvalue weighted by atomic mass is 79.9. The maximum Gasteiger partial charge on any atom is 0.224 e. The first kappa shape index (κ1) is 15.0. The molecule has 20 heavy (non-hydrogen) atoms. The first-order valence-electron chi connectivity index (χ1n) is 6.79. The van der Waals surface area contributed by atoms with Gasteiger partial charge in [0.1, 0.15) is 0 Å². The van der Waals surface area contributed by atoms with Gasteiger partial charge in [0.2, 0.25) is 11.8 Å². The number of anilines is 2. The van der Waals surface area contributed by atoms with Crippen molar-refractivity contribution in [2.75, 3.05) is 16.8 Å². The highest BCUT2D eigenvalue weighted by Crippen LogP contribution is 2.38. The molecule has 4 nitrogen and oxygen atoms in total. The molecule has 2 rings (SSSR count). The Labute approximate surface area is 127 Å². The third-order valence-electron chi connectivity index (χ3n) is 3.28. The van der Waals surface area contributed by atoms with Gasteiger partial charge in [0.15, 0.2) is 0 Å². The highest BCUT2D eigenvalue weighted by molar-refractivity contribution is 9.10. The molecule has 0 fully saturated rings. The normalized spacial score (nSPS) is 13.6. The van der Waals surface area contributed by atoms with Gasteiger partial charge >= 0.3 is 0 Å². The summed E-state index contributed by atoms with van der Waals surface area (Å²) in [5.74, 6) is 0.292. The van der Waals surface area contributed by atoms with Crippen molar-refractivity contribution < 1.29 is 9.59 Å². The van der Waals surface area contributed by atoms with Crippen LogP contribution in [0.1, 0.15) is 32.8 Å². The molecule has 0 radical (unpaired) electrons. The van der Waals surface area contributed by atoms with E-state index in [0.717, 1.165) is 22.1 Å². The fourth-order valence-electron chi connectivity index (χ4n) is 2.49. The van der Waals surface area contributed by atoms with Crippen LogP contribution in [0.4, 0.5) is 11.4 Å². The summed E-state index contributed by atoms with van der Waals surface area (Å²) in [4.78, 5) is 25.4. The molecule has 0 aromatic heterocycles. The minimum Gasteiger partial charge on any atom is -0.324 e. The maximum atomic E-state index is 12.0. The van der Waals surface area contributed by atoms with E-state index in [1.807, 2.05) is 26.0 Å². The number of carbonyl (C=O) groups is 2. The summed E-state index contributed by atoms with van der Waals surface area (Å²) in [6.45, 7) is 6.24. The zero-order valence-corrected chi connectivity index (χ0v) is 13.6. The predicted octanol–water partition coefficient (Wildman–Crippen LogP) is 3.34. The second-order valence-electron chi connectivity index (χ2n) is 5.53. The van der Waals surface area contributed by atoms with E-state index in [2.05, 4.69) is 21.2 Å². The summed E-state index contributed by atoms with van der Waals surface area (Å²) >= 11 is 3.46. The average Bonchev–Trinajstić information content (AvgIpc) is 2.71. The summed E-state index contributed by atoms with van der Waals surface area (Å²) < 4.78 is 0.918. The lowest BCUT2D eigenvalue weighted by atomic mass is 10.1. The molecule has 0 bridgehead atoms. The molecular weight excluding hydrogens is 320 g/mol. The number of carbonyl (C=O) groups excluding carboxylic acids is 2. The predicted molar refractivity (Wildman–Crippen MR) is 84.0 cm³/mol. The minimum absolute atomic E-state index is 0.00503. The van der Waals surface area contributed by atoms with E-state index in [4.69, 9.17) is 0 Å². The van der Waals surface area contributed by atoms with Crippen molar-refractivity contribution in [2.24, 2.45) is 5.92 Å². The Morgan fingerprint density at radius 3 is 2.70 bits per heavy atom. The molecule has 0 aliphatic carbocycles. The molecule has 108 valence electrons. The van der Waals surface area contributed by atoms with Crippen LogP contribution in [0.3, 0.4) is 0 Å². The van der Waals surface area contributed by atoms with Crippen molar-refractivity contribution in [1.82, 2.24) is 0 Å². The summed E-state index contributed by atoms with van der Waals surface area (Å²) in [6.07, 6.45) is 1.29. The van der Waals surface area contributed by atoms with Crippen LogP contribution < -0.4 is 10.2 Å². The molecule has 1 heterocycles. The summed E-state index contributed by atoms with van der Waals surface area (Å²) in [7, 11) is 0. The number of hydrogen-bond acceptors (Lipinski definition) is 2. The second-order valence-corrected chi connectivity index (χ2v) is 6.44. The van der Waals surface area contributed by atoms with Gasteiger partial charge in [-0.05, 0) is 30.0 Å². The summed E-state index contributed by atoms with van der Waals surface area (Å²) in [6, 6.07) is 3.87. The van der Waals surface area contributed by atoms with Gasteiger partial charge in [0.25, 0.3) is 0 Å². The zero-order chi connectivity index (χ0) is 14.9. The number of hydrogen-bond donors (Lipinski definition) is 1. The van der Waals surface area contributed by atoms with Crippen LogP contribution in [-0.2, 0) is 16.0 Å². The highest BCUT2D eigenvalue weighted by Gasteiger charge is 2.26. The summed E-state index contributed by atoms with van der Waals surface area (Å²) in [5, 5.41) is 2.94. The Morgan fingerprint density at radius 2 is 2.10 bits per heavy atom. The van der Waals surface area contributed by atoms with E-state index in [-0.39, 0.29) is 11.8 Å². The molecule has 0 spiro atoms. The van der Waals surface area contributed by atoms with Crippen LogP contribution in [0.5, 0.6) is 0 Å². The Morgan fingerprint density at radius 1 is 1.40 bits per heavy atom. The van der Waals surface area contributed by atoms with Crippen molar-refractivity contribution in [3.63, 3.8) is 0 Å². The minimum atomic E-state index is -0.0179. The molecule has 1 aliphatic rings. The fraction of sp³-hybridized carbons (Fsp3) is 0.467. The molecule has 0 atom stereocenters. The van der Waals surface area contributed by atoms with E-state index in [1.165, 1.54) is 0 Å². The van der Waals surface area contributed by atoms with Gasteiger partial charge in [-0.1, -0.05) is 29.8 Å². The molecule has 0 saturated heterocycles. The van der Waals surface area contributed by atoms with Gasteiger partial charge in [-0.2, -0.15) is 0 Å². The number of fused-ring (bicyclic) bond motifs is 1. The molecule has 1 aromatic rings. The van der Waals surface area contributed by atoms with Crippen molar-refractivity contribution in [3.8, 4) is 0 Å². The number of halogens is 1. The molecule has 5 heteroatoms. The lowest BCUT2D eigenvalue weighted by Gasteiger charge is -2.19. The van der Waals surface area contributed by atoms with Crippen molar-refractivity contribution in [1.29, 1.82) is 0 Å². The number of rotatable bonds is 3. The standard InChI is InChI=1S/C15H19BrN2O2/c1-9(2)6-14(20)17-13-8-12(16)7-11-4-5-18(10(3)19)15(11)13/h7-9H,4-6H2,1-3H3,(H,17,20). The average molecular weight is 339 g/mol. The number of benzene rings is 1. The fourth-order valence-corrected chi connectivity index (χ4v) is 3.00. The molecule has 0 saturated carbocycles. The van der Waals surface area contributed by atoms with Crippen molar-refractivity contribution >= 4 is 39.1 Å². The first-order valence-corrected chi connectivity index (χ1v) is 7.58. The molecular formula is C15H19BrN2O2. The van der Waals surface area contributed by atoms with Gasteiger partial charge in [-0.3, -0.25) is 9.59 Å². The van der Waals surface area contributed by atoms with E-state index in [9.17, 15) is 9.59 Å². The van der Waals surface area contributed by atoms with Gasteiger partial charge in [-0.25, -0.2) is 0 Å². The van der Waals surface area contributed by atoms with E-state index >= 15 is 0 Å². The Hall–Kier alpha value is -1.36. The first-order chi connectivity index (χ1) is 9.38. The van der Waals surface area contributed by atoms with Crippen LogP contribution in [-0.4, -0.2) is 18.4 Å². The van der Waals surface area contributed by atoms with Gasteiger partial charge in [-0.15, -0.1) is 0 Å². The third-order valence-corrected chi connectivity index (χ3v) is 3.73. The zero-order valence-electron chi connectivity index (χ0n) is 12.0. The van der Waals surface area contributed by atoms with Crippen LogP contribution in [0.25, 0.3) is 0 Å². The molecule has 1 aromatic carbocycles. The van der Waals surface area contributed by atoms with Crippen molar-refractivity contribution in [3.05, 3.63) is 22.2 Å². The van der Waals surface area contributed by atoms with Crippen LogP contribution >= 0.6 is 15.9 Å². The SMILES string of the molecule is CC(=O)N1CCc2cc(Br)cc(NC(=O)CC(C)C)c21. The van der Waals surface area contributed by atoms with Gasteiger partial charge < -0.3 is 10.2 Å². The molecule has 1 aliphatic heterocycles. The Bertz CT molecular complexity index is 555. The summed E-state index contributed by atoms with van der Waals surface area (Å²) in [5.41, 5.74) is 2.65. The van der Waals surface area contributed by atoms with E-state index in [1.54, 1.807) is 11.8 Å². The number of nitrogens with one attached hydrogen (secondary N) is 1. The second kappa shape index (κ2) is 5.95. The smallest absolute Gasteiger partial charge is 0.224 e. The van der Waals surface area contributed by atoms with E-state index < -0.39 is 0 Å². The largest absolute Gasteiger partial charge is 0.324 e. The lowest BCUT2D eigenvalue weighted by molar-refractivity contribution is -0.117. The van der Waals surface area contributed by atoms with Crippen LogP contribution in [0.15, 0.2) is 16.6 Å². The monoisotopic (exact) mass is 338 g/mol. The third kappa shape index (κ3) is 3.20. The molecule has 0 unspecified atom stereocenters. The lowest BCUT2D eigenvalue weighted by Crippen LogP contribution is -2.27. The maximum absolute atomic E-state index is 12.0. The van der Waals surface area contributed by atoms with E-state index in [0.29, 0.717) is 24.6 Å². The van der Waals surface area contributed by atoms with Crippen LogP contribution in [0, 0.1) is 5.92 Å². The quantitative estimate of drug-likeness (QED) is 0.918. The Balaban J connectivity index is 2.33. The molecule has 1 N–H and O–H groups in total. The van der Waals surface area contributed by atoms with Gasteiger partial charge in [0.05, 0.1) is 11.4 Å². The van der Waals surface area contributed by atoms with Gasteiger partial charge in [0, 0.05) is 24.4 Å².